The molecule has 2 aromatic rings. The molecule has 3 nitrogen and oxygen atoms in total. The molecular weight excluding hydrogens is 368 g/mol. The Morgan fingerprint density at radius 2 is 1.93 bits per heavy atom. The van der Waals surface area contributed by atoms with E-state index in [1.165, 1.54) is 22.3 Å². The van der Waals surface area contributed by atoms with Crippen molar-refractivity contribution < 1.29 is 18.4 Å². The van der Waals surface area contributed by atoms with Crippen molar-refractivity contribution in [3.05, 3.63) is 63.5 Å². The van der Waals surface area contributed by atoms with Gasteiger partial charge in [0.05, 0.1) is 5.69 Å². The first kappa shape index (κ1) is 18.0. The van der Waals surface area contributed by atoms with Gasteiger partial charge in [-0.2, -0.15) is 11.3 Å². The van der Waals surface area contributed by atoms with Crippen LogP contribution in [0.5, 0.6) is 0 Å². The summed E-state index contributed by atoms with van der Waals surface area (Å²) < 4.78 is 27.9. The molecule has 2 aliphatic rings. The van der Waals surface area contributed by atoms with Gasteiger partial charge < -0.3 is 0 Å². The summed E-state index contributed by atoms with van der Waals surface area (Å²) in [6, 6.07) is 5.09. The van der Waals surface area contributed by atoms with E-state index in [9.17, 15) is 18.4 Å². The zero-order valence-corrected chi connectivity index (χ0v) is 15.9. The van der Waals surface area contributed by atoms with Crippen LogP contribution in [0.4, 0.5) is 14.5 Å². The molecule has 0 unspecified atom stereocenters. The minimum absolute atomic E-state index is 0.00234. The summed E-state index contributed by atoms with van der Waals surface area (Å²) in [6.45, 7) is 3.93. The minimum atomic E-state index is -0.806. The van der Waals surface area contributed by atoms with Crippen LogP contribution in [0.2, 0.25) is 0 Å². The van der Waals surface area contributed by atoms with Crippen molar-refractivity contribution >= 4 is 28.7 Å². The highest BCUT2D eigenvalue weighted by molar-refractivity contribution is 7.08. The molecule has 0 saturated heterocycles. The van der Waals surface area contributed by atoms with Crippen molar-refractivity contribution in [2.45, 2.75) is 39.0 Å². The predicted octanol–water partition coefficient (Wildman–Crippen LogP) is 5.19. The van der Waals surface area contributed by atoms with Crippen LogP contribution < -0.4 is 4.90 Å². The highest BCUT2D eigenvalue weighted by Crippen LogP contribution is 2.48. The minimum Gasteiger partial charge on any atom is -0.294 e. The Balaban J connectivity index is 1.92. The first-order chi connectivity index (χ1) is 12.8. The zero-order chi connectivity index (χ0) is 19.3. The van der Waals surface area contributed by atoms with Crippen LogP contribution in [0, 0.1) is 17.0 Å². The van der Waals surface area contributed by atoms with Gasteiger partial charge in [0.15, 0.2) is 5.78 Å². The number of carbonyl (C=O) groups is 2. The van der Waals surface area contributed by atoms with E-state index < -0.39 is 11.6 Å². The topological polar surface area (TPSA) is 37.4 Å². The summed E-state index contributed by atoms with van der Waals surface area (Å²) >= 11 is 1.52. The summed E-state index contributed by atoms with van der Waals surface area (Å²) in [4.78, 5) is 27.4. The fraction of sp³-hybridized carbons (Fsp3) is 0.333. The van der Waals surface area contributed by atoms with Gasteiger partial charge in [-0.1, -0.05) is 13.8 Å². The Labute approximate surface area is 160 Å². The molecule has 140 valence electrons. The van der Waals surface area contributed by atoms with Gasteiger partial charge in [-0.25, -0.2) is 8.78 Å². The molecule has 4 rings (SSSR count). The summed E-state index contributed by atoms with van der Waals surface area (Å²) in [5.41, 5.74) is 1.75. The van der Waals surface area contributed by atoms with Gasteiger partial charge in [0.1, 0.15) is 11.6 Å². The SMILES string of the molecule is CC1(C)CC(=O)C2=C(C1)N(c1ccc(F)cc1F)C(=O)C[C@@H]2c1ccsc1. The second-order valence-electron chi connectivity index (χ2n) is 7.94. The summed E-state index contributed by atoms with van der Waals surface area (Å²) in [5, 5.41) is 3.87. The van der Waals surface area contributed by atoms with Gasteiger partial charge in [0, 0.05) is 36.1 Å². The number of hydrogen-bond acceptors (Lipinski definition) is 3. The number of benzene rings is 1. The molecule has 1 atom stereocenters. The standard InChI is InChI=1S/C21H19F2NO2S/c1-21(2)9-17-20(18(25)10-21)14(12-5-6-27-11-12)8-19(26)24(17)16-4-3-13(22)7-15(16)23/h3-7,11,14H,8-10H2,1-2H3/t14-/m1/s1. The maximum atomic E-state index is 14.5. The fourth-order valence-electron chi connectivity index (χ4n) is 4.12. The van der Waals surface area contributed by atoms with E-state index in [2.05, 4.69) is 0 Å². The van der Waals surface area contributed by atoms with E-state index in [1.54, 1.807) is 0 Å². The molecule has 1 aliphatic carbocycles. The van der Waals surface area contributed by atoms with Gasteiger partial charge >= 0.3 is 0 Å². The molecule has 6 heteroatoms. The maximum Gasteiger partial charge on any atom is 0.232 e. The number of Topliss-reactive ketones (excluding diaryl/α,β-unsaturated/α-hetero) is 1. The molecule has 0 bridgehead atoms. The normalized spacial score (nSPS) is 22.2. The van der Waals surface area contributed by atoms with Crippen LogP contribution in [-0.2, 0) is 9.59 Å². The number of hydrogen-bond donors (Lipinski definition) is 0. The van der Waals surface area contributed by atoms with Gasteiger partial charge in [0.25, 0.3) is 0 Å². The Morgan fingerprint density at radius 1 is 1.15 bits per heavy atom. The molecular formula is C21H19F2NO2S. The Bertz CT molecular complexity index is 963. The molecule has 0 spiro atoms. The number of halogens is 2. The van der Waals surface area contributed by atoms with Crippen molar-refractivity contribution in [2.24, 2.45) is 5.41 Å². The van der Waals surface area contributed by atoms with Gasteiger partial charge in [0.2, 0.25) is 5.91 Å². The molecule has 1 aromatic heterocycles. The molecule has 2 heterocycles. The van der Waals surface area contributed by atoms with Crippen molar-refractivity contribution in [1.29, 1.82) is 0 Å². The van der Waals surface area contributed by atoms with Crippen molar-refractivity contribution in [3.8, 4) is 0 Å². The van der Waals surface area contributed by atoms with Crippen molar-refractivity contribution in [1.82, 2.24) is 0 Å². The van der Waals surface area contributed by atoms with E-state index in [4.69, 9.17) is 0 Å². The average molecular weight is 387 g/mol. The number of nitrogens with zero attached hydrogens (tertiary/aromatic N) is 1. The third kappa shape index (κ3) is 3.12. The molecule has 0 N–H and O–H groups in total. The van der Waals surface area contributed by atoms with Gasteiger partial charge in [-0.3, -0.25) is 14.5 Å². The number of allylic oxidation sites excluding steroid dienone is 2. The largest absolute Gasteiger partial charge is 0.294 e. The summed E-state index contributed by atoms with van der Waals surface area (Å²) in [6.07, 6.45) is 0.968. The number of anilines is 1. The van der Waals surface area contributed by atoms with E-state index in [1.807, 2.05) is 30.7 Å². The maximum absolute atomic E-state index is 14.5. The van der Waals surface area contributed by atoms with E-state index in [0.29, 0.717) is 24.1 Å². The van der Waals surface area contributed by atoms with E-state index in [0.717, 1.165) is 17.7 Å². The van der Waals surface area contributed by atoms with Crippen LogP contribution >= 0.6 is 11.3 Å². The lowest BCUT2D eigenvalue weighted by Crippen LogP contribution is -2.44. The number of rotatable bonds is 2. The van der Waals surface area contributed by atoms with Gasteiger partial charge in [-0.15, -0.1) is 0 Å². The molecule has 1 aromatic carbocycles. The van der Waals surface area contributed by atoms with Crippen LogP contribution in [-0.4, -0.2) is 11.7 Å². The molecule has 0 fully saturated rings. The lowest BCUT2D eigenvalue weighted by Gasteiger charge is -2.42. The van der Waals surface area contributed by atoms with Crippen molar-refractivity contribution in [3.63, 3.8) is 0 Å². The van der Waals surface area contributed by atoms with Crippen LogP contribution in [0.3, 0.4) is 0 Å². The Morgan fingerprint density at radius 3 is 2.59 bits per heavy atom. The third-order valence-electron chi connectivity index (χ3n) is 5.24. The quantitative estimate of drug-likeness (QED) is 0.711. The number of amides is 1. The molecule has 1 amide bonds. The number of ketones is 1. The lowest BCUT2D eigenvalue weighted by molar-refractivity contribution is -0.121. The Kier molecular flexibility index (Phi) is 4.26. The second-order valence-corrected chi connectivity index (χ2v) is 8.72. The lowest BCUT2D eigenvalue weighted by atomic mass is 9.69. The average Bonchev–Trinajstić information content (AvgIpc) is 3.08. The molecule has 27 heavy (non-hydrogen) atoms. The monoisotopic (exact) mass is 387 g/mol. The van der Waals surface area contributed by atoms with Crippen LogP contribution in [0.15, 0.2) is 46.3 Å². The highest BCUT2D eigenvalue weighted by atomic mass is 32.1. The predicted molar refractivity (Wildman–Crippen MR) is 101 cm³/mol. The molecule has 0 saturated carbocycles. The van der Waals surface area contributed by atoms with Crippen LogP contribution in [0.25, 0.3) is 0 Å². The van der Waals surface area contributed by atoms with Crippen LogP contribution in [0.1, 0.15) is 44.6 Å². The summed E-state index contributed by atoms with van der Waals surface area (Å²) in [5.74, 6) is -2.09. The molecule has 0 radical (unpaired) electrons. The van der Waals surface area contributed by atoms with E-state index in [-0.39, 0.29) is 35.1 Å². The van der Waals surface area contributed by atoms with Gasteiger partial charge in [-0.05, 0) is 46.4 Å². The fourth-order valence-corrected chi connectivity index (χ4v) is 4.83. The smallest absolute Gasteiger partial charge is 0.232 e. The second kappa shape index (κ2) is 6.37. The Hall–Kier alpha value is -2.34. The van der Waals surface area contributed by atoms with E-state index >= 15 is 0 Å². The third-order valence-corrected chi connectivity index (χ3v) is 5.94. The number of thiophene rings is 1. The first-order valence-corrected chi connectivity index (χ1v) is 9.77. The molecule has 1 aliphatic heterocycles. The number of carbonyl (C=O) groups excluding carboxylic acids is 2. The highest BCUT2D eigenvalue weighted by Gasteiger charge is 2.44. The first-order valence-electron chi connectivity index (χ1n) is 8.83. The van der Waals surface area contributed by atoms with Crippen molar-refractivity contribution in [2.75, 3.05) is 4.90 Å². The summed E-state index contributed by atoms with van der Waals surface area (Å²) in [7, 11) is 0. The zero-order valence-electron chi connectivity index (χ0n) is 15.1.